The third kappa shape index (κ3) is 2.38. The number of piperidine rings is 1. The molecule has 1 unspecified atom stereocenters. The van der Waals surface area contributed by atoms with Crippen LogP contribution in [-0.4, -0.2) is 17.5 Å². The molecule has 1 aromatic rings. The minimum atomic E-state index is -0.577. The van der Waals surface area contributed by atoms with Gasteiger partial charge >= 0.3 is 0 Å². The second kappa shape index (κ2) is 4.69. The van der Waals surface area contributed by atoms with Gasteiger partial charge in [0.2, 0.25) is 0 Å². The number of rotatable bonds is 2. The number of nitro groups is 1. The van der Waals surface area contributed by atoms with Crippen LogP contribution < -0.4 is 4.90 Å². The van der Waals surface area contributed by atoms with Crippen LogP contribution in [-0.2, 0) is 0 Å². The number of benzene rings is 1. The van der Waals surface area contributed by atoms with Crippen LogP contribution in [0.1, 0.15) is 26.2 Å². The van der Waals surface area contributed by atoms with Crippen LogP contribution in [0, 0.1) is 15.9 Å². The van der Waals surface area contributed by atoms with Gasteiger partial charge in [0.25, 0.3) is 5.69 Å². The monoisotopic (exact) mass is 238 g/mol. The Morgan fingerprint density at radius 3 is 2.82 bits per heavy atom. The van der Waals surface area contributed by atoms with Crippen molar-refractivity contribution in [2.75, 3.05) is 11.4 Å². The second-order valence-corrected chi connectivity index (χ2v) is 4.43. The number of anilines is 1. The Kier molecular flexibility index (Phi) is 3.26. The molecule has 1 aliphatic heterocycles. The quantitative estimate of drug-likeness (QED) is 0.587. The lowest BCUT2D eigenvalue weighted by Gasteiger charge is -2.35. The Hall–Kier alpha value is -1.65. The molecule has 1 fully saturated rings. The van der Waals surface area contributed by atoms with Gasteiger partial charge in [-0.15, -0.1) is 0 Å². The number of non-ortho nitro benzene ring substituents is 1. The van der Waals surface area contributed by atoms with Gasteiger partial charge in [-0.2, -0.15) is 0 Å². The highest BCUT2D eigenvalue weighted by atomic mass is 19.1. The zero-order valence-electron chi connectivity index (χ0n) is 9.73. The molecule has 0 aliphatic carbocycles. The molecule has 1 aromatic carbocycles. The number of hydrogen-bond donors (Lipinski definition) is 0. The molecular formula is C12H15FN2O2. The van der Waals surface area contributed by atoms with Crippen LogP contribution in [0.5, 0.6) is 0 Å². The van der Waals surface area contributed by atoms with Gasteiger partial charge in [0.05, 0.1) is 16.7 Å². The summed E-state index contributed by atoms with van der Waals surface area (Å²) in [5.41, 5.74) is 0.277. The Labute approximate surface area is 99.2 Å². The van der Waals surface area contributed by atoms with Gasteiger partial charge in [0.15, 0.2) is 5.82 Å². The van der Waals surface area contributed by atoms with Gasteiger partial charge in [-0.3, -0.25) is 10.1 Å². The summed E-state index contributed by atoms with van der Waals surface area (Å²) in [6.45, 7) is 2.87. The molecule has 2 rings (SSSR count). The molecule has 4 nitrogen and oxygen atoms in total. The Morgan fingerprint density at radius 1 is 1.47 bits per heavy atom. The van der Waals surface area contributed by atoms with E-state index < -0.39 is 10.7 Å². The largest absolute Gasteiger partial charge is 0.366 e. The molecule has 1 atom stereocenters. The van der Waals surface area contributed by atoms with Gasteiger partial charge in [-0.05, 0) is 32.3 Å². The highest BCUT2D eigenvalue weighted by Gasteiger charge is 2.22. The smallest absolute Gasteiger partial charge is 0.272 e. The molecule has 17 heavy (non-hydrogen) atoms. The van der Waals surface area contributed by atoms with E-state index in [1.165, 1.54) is 12.1 Å². The van der Waals surface area contributed by atoms with Crippen molar-refractivity contribution in [2.45, 2.75) is 32.2 Å². The fraction of sp³-hybridized carbons (Fsp3) is 0.500. The van der Waals surface area contributed by atoms with E-state index in [2.05, 4.69) is 6.92 Å². The van der Waals surface area contributed by atoms with E-state index in [1.54, 1.807) is 0 Å². The summed E-state index contributed by atoms with van der Waals surface area (Å²) in [6, 6.07) is 4.16. The summed E-state index contributed by atoms with van der Waals surface area (Å²) < 4.78 is 13.8. The molecule has 1 heterocycles. The second-order valence-electron chi connectivity index (χ2n) is 4.43. The molecule has 0 bridgehead atoms. The van der Waals surface area contributed by atoms with Crippen molar-refractivity contribution in [1.82, 2.24) is 0 Å². The molecule has 0 aromatic heterocycles. The van der Waals surface area contributed by atoms with E-state index in [4.69, 9.17) is 0 Å². The van der Waals surface area contributed by atoms with E-state index >= 15 is 0 Å². The maximum Gasteiger partial charge on any atom is 0.272 e. The Balaban J connectivity index is 2.29. The molecule has 0 radical (unpaired) electrons. The SMILES string of the molecule is CC1CCCCN1c1ccc([N+](=O)[O-])cc1F. The summed E-state index contributed by atoms with van der Waals surface area (Å²) in [4.78, 5) is 11.9. The van der Waals surface area contributed by atoms with Crippen LogP contribution in [0.2, 0.25) is 0 Å². The van der Waals surface area contributed by atoms with Crippen LogP contribution in [0.3, 0.4) is 0 Å². The minimum absolute atomic E-state index is 0.198. The molecule has 0 spiro atoms. The van der Waals surface area contributed by atoms with Crippen molar-refractivity contribution < 1.29 is 9.31 Å². The summed E-state index contributed by atoms with van der Waals surface area (Å²) in [6.07, 6.45) is 3.24. The molecule has 0 amide bonds. The molecule has 0 N–H and O–H groups in total. The first-order valence-corrected chi connectivity index (χ1v) is 5.80. The number of nitro benzene ring substituents is 1. The Bertz CT molecular complexity index is 437. The highest BCUT2D eigenvalue weighted by molar-refractivity contribution is 5.53. The number of nitrogens with zero attached hydrogens (tertiary/aromatic N) is 2. The van der Waals surface area contributed by atoms with Gasteiger partial charge in [0.1, 0.15) is 0 Å². The van der Waals surface area contributed by atoms with Crippen LogP contribution >= 0.6 is 0 Å². The van der Waals surface area contributed by atoms with Crippen molar-refractivity contribution in [2.24, 2.45) is 0 Å². The zero-order valence-corrected chi connectivity index (χ0v) is 9.73. The van der Waals surface area contributed by atoms with Crippen molar-refractivity contribution in [3.63, 3.8) is 0 Å². The molecule has 1 aliphatic rings. The van der Waals surface area contributed by atoms with E-state index in [0.717, 1.165) is 31.9 Å². The third-order valence-corrected chi connectivity index (χ3v) is 3.25. The number of hydrogen-bond acceptors (Lipinski definition) is 3. The predicted octanol–water partition coefficient (Wildman–Crippen LogP) is 3.11. The fourth-order valence-corrected chi connectivity index (χ4v) is 2.30. The van der Waals surface area contributed by atoms with Crippen molar-refractivity contribution >= 4 is 11.4 Å². The third-order valence-electron chi connectivity index (χ3n) is 3.25. The standard InChI is InChI=1S/C12H15FN2O2/c1-9-4-2-3-7-14(9)12-6-5-10(15(16)17)8-11(12)13/h5-6,8-9H,2-4,7H2,1H3. The summed E-state index contributed by atoms with van der Waals surface area (Å²) in [7, 11) is 0. The molecule has 0 saturated carbocycles. The predicted molar refractivity (Wildman–Crippen MR) is 63.7 cm³/mol. The highest BCUT2D eigenvalue weighted by Crippen LogP contribution is 2.29. The maximum absolute atomic E-state index is 13.8. The lowest BCUT2D eigenvalue weighted by atomic mass is 10.0. The number of halogens is 1. The van der Waals surface area contributed by atoms with E-state index in [1.807, 2.05) is 4.90 Å². The van der Waals surface area contributed by atoms with E-state index in [0.29, 0.717) is 11.7 Å². The Morgan fingerprint density at radius 2 is 2.24 bits per heavy atom. The van der Waals surface area contributed by atoms with Gasteiger partial charge < -0.3 is 4.90 Å². The van der Waals surface area contributed by atoms with Gasteiger partial charge in [0, 0.05) is 18.7 Å². The zero-order chi connectivity index (χ0) is 12.4. The van der Waals surface area contributed by atoms with Crippen molar-refractivity contribution in [3.05, 3.63) is 34.1 Å². The van der Waals surface area contributed by atoms with Gasteiger partial charge in [-0.25, -0.2) is 4.39 Å². The minimum Gasteiger partial charge on any atom is -0.366 e. The fourth-order valence-electron chi connectivity index (χ4n) is 2.30. The lowest BCUT2D eigenvalue weighted by Crippen LogP contribution is -2.37. The van der Waals surface area contributed by atoms with Crippen LogP contribution in [0.4, 0.5) is 15.8 Å². The van der Waals surface area contributed by atoms with E-state index in [-0.39, 0.29) is 5.69 Å². The molecule has 92 valence electrons. The van der Waals surface area contributed by atoms with Crippen molar-refractivity contribution in [3.8, 4) is 0 Å². The van der Waals surface area contributed by atoms with Crippen molar-refractivity contribution in [1.29, 1.82) is 0 Å². The molecule has 5 heteroatoms. The summed E-state index contributed by atoms with van der Waals surface area (Å²) >= 11 is 0. The van der Waals surface area contributed by atoms with Gasteiger partial charge in [-0.1, -0.05) is 0 Å². The summed E-state index contributed by atoms with van der Waals surface area (Å²) in [5, 5.41) is 10.5. The topological polar surface area (TPSA) is 46.4 Å². The average Bonchev–Trinajstić information content (AvgIpc) is 2.30. The maximum atomic E-state index is 13.8. The average molecular weight is 238 g/mol. The lowest BCUT2D eigenvalue weighted by molar-refractivity contribution is -0.385. The molecule has 1 saturated heterocycles. The van der Waals surface area contributed by atoms with Crippen LogP contribution in [0.15, 0.2) is 18.2 Å². The first-order chi connectivity index (χ1) is 8.09. The van der Waals surface area contributed by atoms with Crippen LogP contribution in [0.25, 0.3) is 0 Å². The van der Waals surface area contributed by atoms with E-state index in [9.17, 15) is 14.5 Å². The first kappa shape index (κ1) is 11.8. The summed E-state index contributed by atoms with van der Waals surface area (Å²) in [5.74, 6) is -0.507. The first-order valence-electron chi connectivity index (χ1n) is 5.80. The molecular weight excluding hydrogens is 223 g/mol. The normalized spacial score (nSPS) is 20.4.